The highest BCUT2D eigenvalue weighted by Gasteiger charge is 2.42. The number of hydrogen-bond donors (Lipinski definition) is 0. The van der Waals surface area contributed by atoms with Gasteiger partial charge in [0, 0.05) is 42.1 Å². The Kier molecular flexibility index (Phi) is 4.92. The summed E-state index contributed by atoms with van der Waals surface area (Å²) in [6.45, 7) is 6.19. The standard InChI is InChI=1S/C26H28N4O2/c1-18-8-11-27-16-22(18)24-28-25(32-29-24)21-15-26(23-7-3-2-6-20(21)23)9-12-30(13-10-26)17-19-5-4-14-31-19/h2-3,6-8,11,15-16,19H,4-5,9-10,12-14,17H2,1H3. The monoisotopic (exact) mass is 428 g/mol. The van der Waals surface area contributed by atoms with Crippen molar-refractivity contribution in [2.75, 3.05) is 26.2 Å². The van der Waals surface area contributed by atoms with Crippen molar-refractivity contribution in [3.8, 4) is 11.4 Å². The van der Waals surface area contributed by atoms with E-state index >= 15 is 0 Å². The molecule has 6 rings (SSSR count). The number of hydrogen-bond acceptors (Lipinski definition) is 6. The van der Waals surface area contributed by atoms with Crippen molar-refractivity contribution < 1.29 is 9.26 Å². The molecule has 2 saturated heterocycles. The van der Waals surface area contributed by atoms with Crippen LogP contribution in [0.3, 0.4) is 0 Å². The molecule has 0 N–H and O–H groups in total. The summed E-state index contributed by atoms with van der Waals surface area (Å²) in [4.78, 5) is 11.6. The Labute approximate surface area is 188 Å². The van der Waals surface area contributed by atoms with Gasteiger partial charge in [-0.25, -0.2) is 0 Å². The van der Waals surface area contributed by atoms with E-state index in [1.54, 1.807) is 12.4 Å². The third-order valence-electron chi connectivity index (χ3n) is 7.34. The topological polar surface area (TPSA) is 64.3 Å². The number of piperidine rings is 1. The molecule has 0 saturated carbocycles. The lowest BCUT2D eigenvalue weighted by molar-refractivity contribution is 0.0597. The normalized spacial score (nSPS) is 22.3. The molecule has 4 heterocycles. The number of pyridine rings is 1. The first kappa shape index (κ1) is 19.8. The van der Waals surface area contributed by atoms with Crippen molar-refractivity contribution in [3.05, 3.63) is 71.4 Å². The molecule has 1 atom stereocenters. The minimum Gasteiger partial charge on any atom is -0.377 e. The van der Waals surface area contributed by atoms with E-state index in [0.29, 0.717) is 17.8 Å². The SMILES string of the molecule is Cc1ccncc1-c1noc(C2=CC3(CCN(CC4CCCO4)CC3)c3ccccc32)n1. The molecule has 6 nitrogen and oxygen atoms in total. The van der Waals surface area contributed by atoms with Gasteiger partial charge >= 0.3 is 0 Å². The summed E-state index contributed by atoms with van der Waals surface area (Å²) < 4.78 is 11.6. The molecule has 1 aromatic carbocycles. The van der Waals surface area contributed by atoms with Crippen molar-refractivity contribution in [1.82, 2.24) is 20.0 Å². The average molecular weight is 429 g/mol. The summed E-state index contributed by atoms with van der Waals surface area (Å²) in [5, 5.41) is 4.28. The fourth-order valence-electron chi connectivity index (χ4n) is 5.53. The van der Waals surface area contributed by atoms with Crippen LogP contribution in [0, 0.1) is 6.92 Å². The zero-order valence-corrected chi connectivity index (χ0v) is 18.5. The highest BCUT2D eigenvalue weighted by atomic mass is 16.5. The van der Waals surface area contributed by atoms with Gasteiger partial charge < -0.3 is 14.2 Å². The van der Waals surface area contributed by atoms with E-state index in [2.05, 4.69) is 45.4 Å². The van der Waals surface area contributed by atoms with Crippen LogP contribution in [0.5, 0.6) is 0 Å². The molecule has 3 aromatic rings. The van der Waals surface area contributed by atoms with E-state index in [9.17, 15) is 0 Å². The Morgan fingerprint density at radius 2 is 2.00 bits per heavy atom. The Bertz CT molecular complexity index is 1150. The fraction of sp³-hybridized carbons (Fsp3) is 0.423. The number of fused-ring (bicyclic) bond motifs is 2. The van der Waals surface area contributed by atoms with E-state index in [0.717, 1.165) is 55.8 Å². The minimum absolute atomic E-state index is 0.0395. The molecule has 0 amide bonds. The highest BCUT2D eigenvalue weighted by molar-refractivity contribution is 5.84. The van der Waals surface area contributed by atoms with Gasteiger partial charge in [0.15, 0.2) is 0 Å². The smallest absolute Gasteiger partial charge is 0.258 e. The second-order valence-electron chi connectivity index (χ2n) is 9.31. The van der Waals surface area contributed by atoms with Gasteiger partial charge in [0.25, 0.3) is 5.89 Å². The van der Waals surface area contributed by atoms with E-state index in [1.165, 1.54) is 24.0 Å². The zero-order valence-electron chi connectivity index (χ0n) is 18.5. The van der Waals surface area contributed by atoms with Crippen LogP contribution in [0.4, 0.5) is 0 Å². The van der Waals surface area contributed by atoms with Crippen LogP contribution in [0.25, 0.3) is 17.0 Å². The second-order valence-corrected chi connectivity index (χ2v) is 9.31. The van der Waals surface area contributed by atoms with Gasteiger partial charge in [-0.05, 0) is 68.5 Å². The summed E-state index contributed by atoms with van der Waals surface area (Å²) in [5.41, 5.74) is 5.71. The Hall–Kier alpha value is -2.83. The van der Waals surface area contributed by atoms with Crippen LogP contribution in [0.2, 0.25) is 0 Å². The lowest BCUT2D eigenvalue weighted by Crippen LogP contribution is -2.43. The highest BCUT2D eigenvalue weighted by Crippen LogP contribution is 2.48. The van der Waals surface area contributed by atoms with Gasteiger partial charge in [-0.2, -0.15) is 4.98 Å². The summed E-state index contributed by atoms with van der Waals surface area (Å²) in [6.07, 6.45) is 11.0. The number of benzene rings is 1. The molecule has 1 unspecified atom stereocenters. The Morgan fingerprint density at radius 1 is 1.12 bits per heavy atom. The molecule has 2 fully saturated rings. The lowest BCUT2D eigenvalue weighted by Gasteiger charge is -2.40. The van der Waals surface area contributed by atoms with Gasteiger partial charge in [0.2, 0.25) is 5.82 Å². The molecule has 164 valence electrons. The molecule has 2 aromatic heterocycles. The van der Waals surface area contributed by atoms with Crippen molar-refractivity contribution in [1.29, 1.82) is 0 Å². The lowest BCUT2D eigenvalue weighted by atomic mass is 9.74. The molecule has 6 heteroatoms. The first-order valence-electron chi connectivity index (χ1n) is 11.6. The van der Waals surface area contributed by atoms with E-state index < -0.39 is 0 Å². The molecule has 1 spiro atoms. The molecule has 0 radical (unpaired) electrons. The van der Waals surface area contributed by atoms with Gasteiger partial charge in [-0.3, -0.25) is 4.98 Å². The third-order valence-corrected chi connectivity index (χ3v) is 7.34. The zero-order chi connectivity index (χ0) is 21.5. The summed E-state index contributed by atoms with van der Waals surface area (Å²) in [5.74, 6) is 1.19. The van der Waals surface area contributed by atoms with Crippen molar-refractivity contribution in [2.45, 2.75) is 44.1 Å². The summed E-state index contributed by atoms with van der Waals surface area (Å²) in [6, 6.07) is 10.7. The number of allylic oxidation sites excluding steroid dienone is 1. The van der Waals surface area contributed by atoms with Crippen LogP contribution in [-0.2, 0) is 10.2 Å². The van der Waals surface area contributed by atoms with Crippen LogP contribution in [-0.4, -0.2) is 52.4 Å². The van der Waals surface area contributed by atoms with E-state index in [1.807, 2.05) is 13.0 Å². The number of aryl methyl sites for hydroxylation is 1. The molecule has 3 aliphatic rings. The fourth-order valence-corrected chi connectivity index (χ4v) is 5.53. The van der Waals surface area contributed by atoms with Crippen LogP contribution in [0.1, 0.15) is 48.3 Å². The minimum atomic E-state index is 0.0395. The Balaban J connectivity index is 1.29. The number of likely N-dealkylation sites (tertiary alicyclic amines) is 1. The van der Waals surface area contributed by atoms with Crippen LogP contribution < -0.4 is 0 Å². The number of aromatic nitrogens is 3. The van der Waals surface area contributed by atoms with Crippen molar-refractivity contribution in [2.24, 2.45) is 0 Å². The van der Waals surface area contributed by atoms with Crippen LogP contribution >= 0.6 is 0 Å². The second kappa shape index (κ2) is 7.94. The maximum absolute atomic E-state index is 5.87. The largest absolute Gasteiger partial charge is 0.377 e. The van der Waals surface area contributed by atoms with Gasteiger partial charge in [0.05, 0.1) is 6.10 Å². The first-order valence-corrected chi connectivity index (χ1v) is 11.6. The maximum atomic E-state index is 5.87. The van der Waals surface area contributed by atoms with Crippen molar-refractivity contribution >= 4 is 5.57 Å². The predicted molar refractivity (Wildman–Crippen MR) is 122 cm³/mol. The van der Waals surface area contributed by atoms with Gasteiger partial charge in [-0.15, -0.1) is 0 Å². The Morgan fingerprint density at radius 3 is 2.81 bits per heavy atom. The number of rotatable bonds is 4. The predicted octanol–water partition coefficient (Wildman–Crippen LogP) is 4.40. The molecule has 32 heavy (non-hydrogen) atoms. The molecular formula is C26H28N4O2. The van der Waals surface area contributed by atoms with Crippen molar-refractivity contribution in [3.63, 3.8) is 0 Å². The van der Waals surface area contributed by atoms with E-state index in [-0.39, 0.29) is 5.41 Å². The molecule has 0 bridgehead atoms. The quantitative estimate of drug-likeness (QED) is 0.614. The third kappa shape index (κ3) is 3.38. The number of ether oxygens (including phenoxy) is 1. The summed E-state index contributed by atoms with van der Waals surface area (Å²) >= 11 is 0. The molecular weight excluding hydrogens is 400 g/mol. The maximum Gasteiger partial charge on any atom is 0.258 e. The van der Waals surface area contributed by atoms with E-state index in [4.69, 9.17) is 14.2 Å². The first-order chi connectivity index (χ1) is 15.7. The average Bonchev–Trinajstić information content (AvgIpc) is 3.57. The van der Waals surface area contributed by atoms with Crippen LogP contribution in [0.15, 0.2) is 53.3 Å². The molecule has 1 aliphatic carbocycles. The summed E-state index contributed by atoms with van der Waals surface area (Å²) in [7, 11) is 0. The number of nitrogens with zero attached hydrogens (tertiary/aromatic N) is 4. The molecule has 2 aliphatic heterocycles. The van der Waals surface area contributed by atoms with Gasteiger partial charge in [-0.1, -0.05) is 35.5 Å². The van der Waals surface area contributed by atoms with Gasteiger partial charge in [0.1, 0.15) is 0 Å².